The Hall–Kier alpha value is -0.960. The lowest BCUT2D eigenvalue weighted by molar-refractivity contribution is 0.334. The number of nitrogens with two attached hydrogens (primary N) is 1. The summed E-state index contributed by atoms with van der Waals surface area (Å²) in [4.78, 5) is 8.89. The van der Waals surface area contributed by atoms with Gasteiger partial charge in [-0.15, -0.1) is 0 Å². The fourth-order valence-corrected chi connectivity index (χ4v) is 2.39. The first-order chi connectivity index (χ1) is 7.29. The third kappa shape index (κ3) is 2.53. The lowest BCUT2D eigenvalue weighted by Gasteiger charge is -2.25. The Balaban J connectivity index is 2.13. The van der Waals surface area contributed by atoms with E-state index in [9.17, 15) is 0 Å². The second kappa shape index (κ2) is 4.71. The molecule has 1 fully saturated rings. The van der Waals surface area contributed by atoms with Crippen LogP contribution in [0.4, 0.5) is 0 Å². The van der Waals surface area contributed by atoms with Crippen LogP contribution in [0.3, 0.4) is 0 Å². The second-order valence-electron chi connectivity index (χ2n) is 4.58. The quantitative estimate of drug-likeness (QED) is 0.805. The van der Waals surface area contributed by atoms with Gasteiger partial charge in [0.1, 0.15) is 5.82 Å². The summed E-state index contributed by atoms with van der Waals surface area (Å²) in [6, 6.07) is 1.90. The fourth-order valence-electron chi connectivity index (χ4n) is 2.39. The third-order valence-electron chi connectivity index (χ3n) is 3.24. The molecular formula is C12H19N3. The normalized spacial score (nSPS) is 26.5. The molecule has 0 radical (unpaired) electrons. The SMILES string of the molecule is CC1CCCC(c2nccc(CN)n2)C1. The smallest absolute Gasteiger partial charge is 0.131 e. The highest BCUT2D eigenvalue weighted by Gasteiger charge is 2.22. The summed E-state index contributed by atoms with van der Waals surface area (Å²) >= 11 is 0. The van der Waals surface area contributed by atoms with Gasteiger partial charge in [-0.1, -0.05) is 19.8 Å². The van der Waals surface area contributed by atoms with Crippen LogP contribution >= 0.6 is 0 Å². The molecule has 0 aliphatic heterocycles. The Bertz CT molecular complexity index is 324. The van der Waals surface area contributed by atoms with Crippen molar-refractivity contribution in [1.82, 2.24) is 9.97 Å². The molecule has 3 heteroatoms. The highest BCUT2D eigenvalue weighted by molar-refractivity contribution is 5.06. The van der Waals surface area contributed by atoms with Gasteiger partial charge in [0.25, 0.3) is 0 Å². The summed E-state index contributed by atoms with van der Waals surface area (Å²) in [6.07, 6.45) is 6.96. The summed E-state index contributed by atoms with van der Waals surface area (Å²) in [7, 11) is 0. The minimum atomic E-state index is 0.512. The molecule has 0 aromatic carbocycles. The van der Waals surface area contributed by atoms with Crippen LogP contribution in [0.2, 0.25) is 0 Å². The van der Waals surface area contributed by atoms with Crippen LogP contribution in [0.25, 0.3) is 0 Å². The molecular weight excluding hydrogens is 186 g/mol. The molecule has 82 valence electrons. The number of hydrogen-bond acceptors (Lipinski definition) is 3. The highest BCUT2D eigenvalue weighted by atomic mass is 14.9. The zero-order valence-electron chi connectivity index (χ0n) is 9.32. The van der Waals surface area contributed by atoms with E-state index >= 15 is 0 Å². The maximum atomic E-state index is 5.59. The molecule has 0 bridgehead atoms. The first kappa shape index (κ1) is 10.6. The van der Waals surface area contributed by atoms with E-state index < -0.39 is 0 Å². The molecule has 3 nitrogen and oxygen atoms in total. The standard InChI is InChI=1S/C12H19N3/c1-9-3-2-4-10(7-9)12-14-6-5-11(8-13)15-12/h5-6,9-10H,2-4,7-8,13H2,1H3. The average Bonchev–Trinajstić information content (AvgIpc) is 2.29. The summed E-state index contributed by atoms with van der Waals surface area (Å²) in [6.45, 7) is 2.83. The minimum absolute atomic E-state index is 0.512. The van der Waals surface area contributed by atoms with Crippen molar-refractivity contribution >= 4 is 0 Å². The largest absolute Gasteiger partial charge is 0.325 e. The summed E-state index contributed by atoms with van der Waals surface area (Å²) < 4.78 is 0. The van der Waals surface area contributed by atoms with Crippen molar-refractivity contribution in [3.63, 3.8) is 0 Å². The van der Waals surface area contributed by atoms with Crippen molar-refractivity contribution in [3.8, 4) is 0 Å². The Morgan fingerprint density at radius 3 is 3.07 bits per heavy atom. The van der Waals surface area contributed by atoms with Gasteiger partial charge in [-0.2, -0.15) is 0 Å². The monoisotopic (exact) mass is 205 g/mol. The van der Waals surface area contributed by atoms with Crippen molar-refractivity contribution < 1.29 is 0 Å². The summed E-state index contributed by atoms with van der Waals surface area (Å²) in [5.41, 5.74) is 6.54. The predicted molar refractivity (Wildman–Crippen MR) is 60.3 cm³/mol. The molecule has 1 saturated carbocycles. The molecule has 0 spiro atoms. The van der Waals surface area contributed by atoms with Gasteiger partial charge in [0, 0.05) is 18.7 Å². The average molecular weight is 205 g/mol. The van der Waals surface area contributed by atoms with Crippen molar-refractivity contribution in [3.05, 3.63) is 23.8 Å². The molecule has 1 aliphatic rings. The fraction of sp³-hybridized carbons (Fsp3) is 0.667. The van der Waals surface area contributed by atoms with Crippen molar-refractivity contribution in [2.24, 2.45) is 11.7 Å². The van der Waals surface area contributed by atoms with E-state index in [1.54, 1.807) is 0 Å². The predicted octanol–water partition coefficient (Wildman–Crippen LogP) is 2.23. The van der Waals surface area contributed by atoms with Crippen LogP contribution in [0.1, 0.15) is 50.0 Å². The number of hydrogen-bond donors (Lipinski definition) is 1. The Kier molecular flexibility index (Phi) is 3.31. The molecule has 1 aromatic rings. The van der Waals surface area contributed by atoms with Crippen LogP contribution in [0, 0.1) is 5.92 Å². The molecule has 1 heterocycles. The van der Waals surface area contributed by atoms with Gasteiger partial charge in [0.05, 0.1) is 5.69 Å². The lowest BCUT2D eigenvalue weighted by atomic mass is 9.82. The van der Waals surface area contributed by atoms with E-state index in [1.807, 2.05) is 12.3 Å². The molecule has 2 atom stereocenters. The van der Waals surface area contributed by atoms with Crippen LogP contribution in [-0.2, 0) is 6.54 Å². The first-order valence-corrected chi connectivity index (χ1v) is 5.81. The topological polar surface area (TPSA) is 51.8 Å². The van der Waals surface area contributed by atoms with Gasteiger partial charge in [0.2, 0.25) is 0 Å². The van der Waals surface area contributed by atoms with E-state index in [0.29, 0.717) is 12.5 Å². The number of nitrogens with zero attached hydrogens (tertiary/aromatic N) is 2. The first-order valence-electron chi connectivity index (χ1n) is 5.81. The van der Waals surface area contributed by atoms with Crippen molar-refractivity contribution in [2.45, 2.75) is 45.1 Å². The number of rotatable bonds is 2. The van der Waals surface area contributed by atoms with E-state index in [4.69, 9.17) is 5.73 Å². The van der Waals surface area contributed by atoms with Crippen LogP contribution in [-0.4, -0.2) is 9.97 Å². The highest BCUT2D eigenvalue weighted by Crippen LogP contribution is 2.34. The zero-order chi connectivity index (χ0) is 10.7. The second-order valence-corrected chi connectivity index (χ2v) is 4.58. The Morgan fingerprint density at radius 2 is 2.33 bits per heavy atom. The van der Waals surface area contributed by atoms with Gasteiger partial charge in [-0.3, -0.25) is 0 Å². The van der Waals surface area contributed by atoms with E-state index in [1.165, 1.54) is 25.7 Å². The van der Waals surface area contributed by atoms with E-state index in [-0.39, 0.29) is 0 Å². The van der Waals surface area contributed by atoms with Crippen LogP contribution in [0.15, 0.2) is 12.3 Å². The van der Waals surface area contributed by atoms with Gasteiger partial charge >= 0.3 is 0 Å². The lowest BCUT2D eigenvalue weighted by Crippen LogP contribution is -2.15. The zero-order valence-corrected chi connectivity index (χ0v) is 9.32. The molecule has 1 aromatic heterocycles. The molecule has 15 heavy (non-hydrogen) atoms. The third-order valence-corrected chi connectivity index (χ3v) is 3.24. The van der Waals surface area contributed by atoms with Crippen LogP contribution < -0.4 is 5.73 Å². The van der Waals surface area contributed by atoms with Crippen molar-refractivity contribution in [1.29, 1.82) is 0 Å². The van der Waals surface area contributed by atoms with E-state index in [0.717, 1.165) is 17.4 Å². The minimum Gasteiger partial charge on any atom is -0.325 e. The summed E-state index contributed by atoms with van der Waals surface area (Å²) in [5.74, 6) is 2.37. The molecule has 1 aliphatic carbocycles. The Labute approximate surface area is 91.1 Å². The molecule has 0 saturated heterocycles. The van der Waals surface area contributed by atoms with Gasteiger partial charge < -0.3 is 5.73 Å². The van der Waals surface area contributed by atoms with Crippen LogP contribution in [0.5, 0.6) is 0 Å². The number of aromatic nitrogens is 2. The van der Waals surface area contributed by atoms with Gasteiger partial charge in [-0.05, 0) is 24.8 Å². The van der Waals surface area contributed by atoms with Gasteiger partial charge in [-0.25, -0.2) is 9.97 Å². The summed E-state index contributed by atoms with van der Waals surface area (Å²) in [5, 5.41) is 0. The molecule has 2 N–H and O–H groups in total. The van der Waals surface area contributed by atoms with E-state index in [2.05, 4.69) is 16.9 Å². The van der Waals surface area contributed by atoms with Crippen molar-refractivity contribution in [2.75, 3.05) is 0 Å². The molecule has 0 amide bonds. The van der Waals surface area contributed by atoms with Gasteiger partial charge in [0.15, 0.2) is 0 Å². The molecule has 2 unspecified atom stereocenters. The maximum absolute atomic E-state index is 5.59. The Morgan fingerprint density at radius 1 is 1.47 bits per heavy atom. The molecule has 2 rings (SSSR count). The maximum Gasteiger partial charge on any atom is 0.131 e.